The molecule has 6 aliphatic rings. The van der Waals surface area contributed by atoms with E-state index in [0.29, 0.717) is 48.7 Å². The van der Waals surface area contributed by atoms with Gasteiger partial charge in [-0.25, -0.2) is 33.7 Å². The van der Waals surface area contributed by atoms with Gasteiger partial charge in [-0.05, 0) is 118 Å². The van der Waals surface area contributed by atoms with Gasteiger partial charge in [0.15, 0.2) is 11.6 Å². The zero-order valence-corrected chi connectivity index (χ0v) is 47.8. The molecule has 17 nitrogen and oxygen atoms in total. The molecule has 8 aromatic rings. The molecule has 2 saturated heterocycles. The minimum absolute atomic E-state index is 0.0120. The first-order chi connectivity index (χ1) is 42.7. The van der Waals surface area contributed by atoms with Crippen molar-refractivity contribution in [3.8, 4) is 45.0 Å². The van der Waals surface area contributed by atoms with Gasteiger partial charge in [-0.3, -0.25) is 4.79 Å². The molecule has 2 aromatic heterocycles. The Kier molecular flexibility index (Phi) is 16.3. The summed E-state index contributed by atoms with van der Waals surface area (Å²) in [6.07, 6.45) is -2.35. The number of rotatable bonds is 12. The number of aryl methyl sites for hydroxylation is 2. The number of carbonyl (C=O) groups is 4. The molecule has 4 fully saturated rings. The van der Waals surface area contributed by atoms with Crippen LogP contribution in [0.2, 0.25) is 0 Å². The van der Waals surface area contributed by atoms with E-state index in [1.165, 1.54) is 69.1 Å². The number of hydrogen-bond acceptors (Lipinski definition) is 11. The quantitative estimate of drug-likeness (QED) is 0.0666. The molecule has 4 N–H and O–H groups in total. The zero-order valence-electron chi connectivity index (χ0n) is 47.8. The number of amides is 3. The lowest BCUT2D eigenvalue weighted by molar-refractivity contribution is -0.138. The van der Waals surface area contributed by atoms with Crippen molar-refractivity contribution in [2.24, 2.45) is 23.7 Å². The van der Waals surface area contributed by atoms with E-state index >= 15 is 0 Å². The number of benzene rings is 6. The number of carboxylic acids is 1. The number of nitrogens with zero attached hydrogens (tertiary/aromatic N) is 7. The van der Waals surface area contributed by atoms with E-state index < -0.39 is 35.5 Å². The summed E-state index contributed by atoms with van der Waals surface area (Å²) < 4.78 is 91.5. The summed E-state index contributed by atoms with van der Waals surface area (Å²) in [5, 5.41) is 25.9. The fourth-order valence-corrected chi connectivity index (χ4v) is 12.6. The largest absolute Gasteiger partial charge is 0.478 e. The van der Waals surface area contributed by atoms with Crippen LogP contribution in [0.3, 0.4) is 0 Å². The second-order valence-electron chi connectivity index (χ2n) is 22.8. The number of aliphatic carboxylic acids is 1. The molecule has 4 atom stereocenters. The Morgan fingerprint density at radius 1 is 0.562 bits per heavy atom. The van der Waals surface area contributed by atoms with Crippen LogP contribution in [0.4, 0.5) is 35.9 Å². The van der Waals surface area contributed by atoms with Crippen LogP contribution in [-0.4, -0.2) is 115 Å². The number of piperidine rings is 2. The fraction of sp³-hybridized carbons (Fsp3) is 0.273. The lowest BCUT2D eigenvalue weighted by atomic mass is 9.98. The molecule has 0 bridgehead atoms. The van der Waals surface area contributed by atoms with Crippen LogP contribution >= 0.6 is 0 Å². The highest BCUT2D eigenvalue weighted by atomic mass is 19.4. The summed E-state index contributed by atoms with van der Waals surface area (Å²) >= 11 is 0. The van der Waals surface area contributed by atoms with Crippen LogP contribution in [0.15, 0.2) is 158 Å². The number of carboxylic acid groups (broad SMARTS) is 1. The first-order valence-electron chi connectivity index (χ1n) is 28.8. The molecule has 2 saturated carbocycles. The Morgan fingerprint density at radius 3 is 1.34 bits per heavy atom. The predicted molar refractivity (Wildman–Crippen MR) is 316 cm³/mol. The number of aromatic nitrogens is 6. The molecule has 456 valence electrons. The maximum absolute atomic E-state index is 13.2. The van der Waals surface area contributed by atoms with E-state index in [9.17, 15) is 45.5 Å². The fourth-order valence-electron chi connectivity index (χ4n) is 12.6. The van der Waals surface area contributed by atoms with Crippen molar-refractivity contribution in [3.05, 3.63) is 203 Å². The molecular weight excluding hydrogens is 1160 g/mol. The number of hydrogen-bond donors (Lipinski definition) is 4. The number of alkyl halides is 6. The molecule has 23 heteroatoms. The van der Waals surface area contributed by atoms with Crippen LogP contribution < -0.4 is 16.0 Å². The smallest absolute Gasteiger partial charge is 0.416 e. The van der Waals surface area contributed by atoms with Gasteiger partial charge in [-0.15, -0.1) is 10.2 Å². The Bertz CT molecular complexity index is 3970. The third-order valence-electron chi connectivity index (χ3n) is 16.9. The Morgan fingerprint density at radius 2 is 0.944 bits per heavy atom. The van der Waals surface area contributed by atoms with Gasteiger partial charge >= 0.3 is 30.5 Å². The number of alkyl carbamates (subject to hydrolysis) is 2. The van der Waals surface area contributed by atoms with Crippen LogP contribution in [0.5, 0.6) is 0 Å². The zero-order chi connectivity index (χ0) is 62.3. The normalized spacial score (nSPS) is 20.0. The van der Waals surface area contributed by atoms with Crippen molar-refractivity contribution < 1.29 is 60.1 Å². The second-order valence-corrected chi connectivity index (χ2v) is 22.8. The van der Waals surface area contributed by atoms with Crippen molar-refractivity contribution in [2.45, 2.75) is 50.1 Å². The number of nitrogens with one attached hydrogen (secondary N) is 3. The molecular formula is C66H58F6N10O7. The Labute approximate surface area is 506 Å². The molecule has 0 radical (unpaired) electrons. The summed E-state index contributed by atoms with van der Waals surface area (Å²) in [5.74, 6) is 0.470. The van der Waals surface area contributed by atoms with Crippen molar-refractivity contribution in [1.82, 2.24) is 50.4 Å². The van der Waals surface area contributed by atoms with Crippen molar-refractivity contribution in [3.63, 3.8) is 0 Å². The standard InChI is InChI=1S/C33H28F3N5O3.C20H20N2O2.C13H10F3N3O2/c1-19-12-20(14-21(13-19)33(34,35)36)31-37-18-41(39-31)11-10-29(42)40-15-26-27(16-40)30(26)38-32(43)44-17-28-24-8-4-2-6-22(24)23-7-3-5-9-25(23)28;23-20(22-19-16-9-21-10-17(16)19)24-11-18-14-7-3-1-5-12(14)13-6-2-4-8-15(13)18;1-8-4-9(6-10(5-8)13(14,15)16)12-17-7-19(18-12)3-2-11(20)21/h2-14,18,26-28,30H,15-17H2,1H3,(H,38,43);1-8,16-19,21H,9-11H2,(H,22,23);2-7H,1H3,(H,20,21)/b11-10-;;3-2-. The molecule has 3 amide bonds. The first kappa shape index (κ1) is 59.4. The average molecular weight is 1220 g/mol. The summed E-state index contributed by atoms with van der Waals surface area (Å²) in [7, 11) is 0. The number of fused-ring (bicyclic) bond motifs is 8. The number of likely N-dealkylation sites (tertiary alicyclic amines) is 1. The Hall–Kier alpha value is -9.90. The maximum Gasteiger partial charge on any atom is 0.416 e. The maximum atomic E-state index is 13.2. The lowest BCUT2D eigenvalue weighted by Crippen LogP contribution is -2.37. The van der Waals surface area contributed by atoms with E-state index in [1.807, 2.05) is 24.3 Å². The summed E-state index contributed by atoms with van der Waals surface area (Å²) in [6, 6.07) is 40.6. The van der Waals surface area contributed by atoms with Crippen molar-refractivity contribution in [1.29, 1.82) is 0 Å². The summed E-state index contributed by atoms with van der Waals surface area (Å²) in [5.41, 5.74) is 9.42. The number of ether oxygens (including phenoxy) is 2. The van der Waals surface area contributed by atoms with Gasteiger partial charge in [0.05, 0.1) is 11.1 Å². The van der Waals surface area contributed by atoms with Gasteiger partial charge in [0.2, 0.25) is 5.91 Å². The van der Waals surface area contributed by atoms with Crippen LogP contribution in [0.25, 0.3) is 57.4 Å². The van der Waals surface area contributed by atoms with Gasteiger partial charge in [0.1, 0.15) is 25.9 Å². The number of halogens is 6. The highest BCUT2D eigenvalue weighted by molar-refractivity contribution is 5.90. The van der Waals surface area contributed by atoms with Gasteiger partial charge in [0.25, 0.3) is 0 Å². The minimum Gasteiger partial charge on any atom is -0.478 e. The van der Waals surface area contributed by atoms with E-state index in [2.05, 4.69) is 109 Å². The third-order valence-corrected chi connectivity index (χ3v) is 16.9. The summed E-state index contributed by atoms with van der Waals surface area (Å²) in [6.45, 7) is 6.79. The molecule has 4 heterocycles. The monoisotopic (exact) mass is 1220 g/mol. The molecule has 0 spiro atoms. The van der Waals surface area contributed by atoms with Crippen LogP contribution in [0.1, 0.15) is 56.3 Å². The third kappa shape index (κ3) is 13.1. The van der Waals surface area contributed by atoms with Gasteiger partial charge in [-0.1, -0.05) is 97.1 Å². The Balaban J connectivity index is 0.000000143. The van der Waals surface area contributed by atoms with E-state index in [1.54, 1.807) is 24.8 Å². The van der Waals surface area contributed by atoms with Gasteiger partial charge in [-0.2, -0.15) is 26.3 Å². The highest BCUT2D eigenvalue weighted by Crippen LogP contribution is 2.48. The molecule has 4 unspecified atom stereocenters. The van der Waals surface area contributed by atoms with Crippen molar-refractivity contribution >= 4 is 36.5 Å². The van der Waals surface area contributed by atoms with Crippen molar-refractivity contribution in [2.75, 3.05) is 39.4 Å². The predicted octanol–water partition coefficient (Wildman–Crippen LogP) is 11.3. The van der Waals surface area contributed by atoms with Gasteiger partial charge in [0, 0.05) is 97.6 Å². The van der Waals surface area contributed by atoms with Crippen LogP contribution in [0, 0.1) is 37.5 Å². The van der Waals surface area contributed by atoms with Crippen LogP contribution in [-0.2, 0) is 31.4 Å². The van der Waals surface area contributed by atoms with E-state index in [-0.39, 0.29) is 71.1 Å². The highest BCUT2D eigenvalue weighted by Gasteiger charge is 2.57. The molecule has 6 aromatic carbocycles. The SMILES string of the molecule is Cc1cc(-c2ncn(/C=C\C(=O)N3CC4C(C3)C4NC(=O)OCC3c4ccccc4-c4ccccc43)n2)cc(C(F)(F)F)c1.Cc1cc(-c2ncn(/C=C\C(=O)O)n2)cc(C(F)(F)F)c1.O=C(NC1C2CNCC21)OCC1c2ccccc2-c2ccccc21. The average Bonchev–Trinajstić information content (AvgIpc) is 1.67. The number of carbonyl (C=O) groups excluding carboxylic acids is 3. The molecule has 89 heavy (non-hydrogen) atoms. The topological polar surface area (TPSA) is 208 Å². The first-order valence-corrected chi connectivity index (χ1v) is 28.8. The second kappa shape index (κ2) is 24.3. The van der Waals surface area contributed by atoms with Gasteiger partial charge < -0.3 is 35.4 Å². The van der Waals surface area contributed by atoms with E-state index in [0.717, 1.165) is 65.4 Å². The molecule has 2 aliphatic heterocycles. The molecule has 14 rings (SSSR count). The minimum atomic E-state index is -4.48. The summed E-state index contributed by atoms with van der Waals surface area (Å²) in [4.78, 5) is 57.7. The lowest BCUT2D eigenvalue weighted by Gasteiger charge is -2.19. The molecule has 4 aliphatic carbocycles. The van der Waals surface area contributed by atoms with E-state index in [4.69, 9.17) is 14.6 Å².